The first-order valence-electron chi connectivity index (χ1n) is 6.73. The van der Waals surface area contributed by atoms with Crippen LogP contribution in [-0.2, 0) is 14.3 Å². The van der Waals surface area contributed by atoms with Gasteiger partial charge < -0.3 is 9.47 Å². The molecule has 0 bridgehead atoms. The molecule has 3 heteroatoms. The van der Waals surface area contributed by atoms with E-state index in [1.54, 1.807) is 0 Å². The molecule has 0 amide bonds. The van der Waals surface area contributed by atoms with Crippen molar-refractivity contribution in [3.63, 3.8) is 0 Å². The van der Waals surface area contributed by atoms with Crippen LogP contribution >= 0.6 is 0 Å². The Labute approximate surface area is 100 Å². The Bertz CT molecular complexity index is 430. The molecule has 2 heterocycles. The minimum Gasteiger partial charge on any atom is -0.370 e. The lowest BCUT2D eigenvalue weighted by atomic mass is 9.47. The summed E-state index contributed by atoms with van der Waals surface area (Å²) in [6.45, 7) is 0. The van der Waals surface area contributed by atoms with Crippen molar-refractivity contribution in [2.75, 3.05) is 0 Å². The van der Waals surface area contributed by atoms with E-state index in [1.165, 1.54) is 0 Å². The fourth-order valence-corrected chi connectivity index (χ4v) is 4.85. The highest BCUT2D eigenvalue weighted by molar-refractivity contribution is 5.91. The van der Waals surface area contributed by atoms with Gasteiger partial charge in [0.15, 0.2) is 5.78 Å². The number of hydrogen-bond acceptors (Lipinski definition) is 3. The average molecular weight is 232 g/mol. The minimum atomic E-state index is 0.161. The van der Waals surface area contributed by atoms with Crippen LogP contribution in [-0.4, -0.2) is 30.2 Å². The number of epoxide rings is 2. The number of fused-ring (bicyclic) bond motifs is 2. The molecule has 0 aromatic heterocycles. The van der Waals surface area contributed by atoms with E-state index in [9.17, 15) is 4.79 Å². The molecule has 5 rings (SSSR count). The molecule has 6 atom stereocenters. The maximum atomic E-state index is 11.8. The Morgan fingerprint density at radius 3 is 2.24 bits per heavy atom. The lowest BCUT2D eigenvalue weighted by Crippen LogP contribution is -2.52. The monoisotopic (exact) mass is 232 g/mol. The summed E-state index contributed by atoms with van der Waals surface area (Å²) >= 11 is 0. The van der Waals surface area contributed by atoms with Crippen molar-refractivity contribution in [3.05, 3.63) is 12.2 Å². The van der Waals surface area contributed by atoms with Crippen LogP contribution < -0.4 is 0 Å². The van der Waals surface area contributed by atoms with E-state index in [4.69, 9.17) is 9.47 Å². The molecule has 2 saturated carbocycles. The Hall–Kier alpha value is -0.670. The number of rotatable bonds is 0. The molecule has 90 valence electrons. The van der Waals surface area contributed by atoms with Gasteiger partial charge >= 0.3 is 0 Å². The molecule has 2 aliphatic heterocycles. The molecule has 3 aliphatic carbocycles. The second-order valence-electron chi connectivity index (χ2n) is 6.66. The Morgan fingerprint density at radius 2 is 1.59 bits per heavy atom. The van der Waals surface area contributed by atoms with Crippen LogP contribution in [0.15, 0.2) is 12.2 Å². The van der Waals surface area contributed by atoms with Gasteiger partial charge in [-0.2, -0.15) is 0 Å². The third-order valence-electron chi connectivity index (χ3n) is 5.85. The molecule has 3 nitrogen and oxygen atoms in total. The molecule has 0 spiro atoms. The predicted molar refractivity (Wildman–Crippen MR) is 59.4 cm³/mol. The van der Waals surface area contributed by atoms with Crippen molar-refractivity contribution in [1.82, 2.24) is 0 Å². The number of allylic oxidation sites excluding steroid dienone is 2. The number of ether oxygens (including phenoxy) is 2. The van der Waals surface area contributed by atoms with Crippen molar-refractivity contribution in [1.29, 1.82) is 0 Å². The van der Waals surface area contributed by atoms with E-state index in [-0.39, 0.29) is 10.8 Å². The second kappa shape index (κ2) is 2.52. The zero-order valence-corrected chi connectivity index (χ0v) is 9.72. The Morgan fingerprint density at radius 1 is 1.00 bits per heavy atom. The third-order valence-corrected chi connectivity index (χ3v) is 5.85. The van der Waals surface area contributed by atoms with Gasteiger partial charge in [-0.15, -0.1) is 0 Å². The highest BCUT2D eigenvalue weighted by Crippen LogP contribution is 2.69. The highest BCUT2D eigenvalue weighted by Gasteiger charge is 2.69. The van der Waals surface area contributed by atoms with Crippen molar-refractivity contribution < 1.29 is 14.3 Å². The maximum absolute atomic E-state index is 11.8. The molecular formula is C14H16O3. The van der Waals surface area contributed by atoms with Gasteiger partial charge in [-0.25, -0.2) is 0 Å². The number of hydrogen-bond donors (Lipinski definition) is 0. The topological polar surface area (TPSA) is 42.1 Å². The van der Waals surface area contributed by atoms with E-state index < -0.39 is 0 Å². The smallest absolute Gasteiger partial charge is 0.155 e. The summed E-state index contributed by atoms with van der Waals surface area (Å²) < 4.78 is 11.5. The van der Waals surface area contributed by atoms with Crippen LogP contribution in [0.4, 0.5) is 0 Å². The molecule has 0 N–H and O–H groups in total. The third kappa shape index (κ3) is 1.03. The summed E-state index contributed by atoms with van der Waals surface area (Å²) in [5.74, 6) is 0.304. The van der Waals surface area contributed by atoms with Crippen molar-refractivity contribution in [2.45, 2.75) is 56.5 Å². The number of carbonyl (C=O) groups is 1. The quantitative estimate of drug-likeness (QED) is 0.596. The zero-order valence-electron chi connectivity index (χ0n) is 9.72. The largest absolute Gasteiger partial charge is 0.370 e. The first kappa shape index (κ1) is 9.29. The number of ketones is 1. The first-order valence-corrected chi connectivity index (χ1v) is 6.73. The molecule has 5 aliphatic rings. The molecule has 17 heavy (non-hydrogen) atoms. The van der Waals surface area contributed by atoms with Gasteiger partial charge in [-0.3, -0.25) is 4.79 Å². The summed E-state index contributed by atoms with van der Waals surface area (Å²) in [6, 6.07) is 0. The molecular weight excluding hydrogens is 216 g/mol. The molecule has 2 unspecified atom stereocenters. The van der Waals surface area contributed by atoms with Gasteiger partial charge in [-0.1, -0.05) is 6.08 Å². The summed E-state index contributed by atoms with van der Waals surface area (Å²) in [6.07, 6.45) is 11.0. The first-order chi connectivity index (χ1) is 8.20. The van der Waals surface area contributed by atoms with Crippen LogP contribution in [0.25, 0.3) is 0 Å². The van der Waals surface area contributed by atoms with Gasteiger partial charge in [-0.05, 0) is 37.2 Å². The molecule has 4 fully saturated rings. The van der Waals surface area contributed by atoms with Gasteiger partial charge in [0.25, 0.3) is 0 Å². The summed E-state index contributed by atoms with van der Waals surface area (Å²) in [4.78, 5) is 11.8. The second-order valence-corrected chi connectivity index (χ2v) is 6.66. The van der Waals surface area contributed by atoms with Gasteiger partial charge in [0.1, 0.15) is 0 Å². The fraction of sp³-hybridized carbons (Fsp3) is 0.786. The Balaban J connectivity index is 1.66. The lowest BCUT2D eigenvalue weighted by Gasteiger charge is -2.54. The number of carbonyl (C=O) groups excluding carboxylic acids is 1. The molecule has 2 saturated heterocycles. The van der Waals surface area contributed by atoms with Crippen molar-refractivity contribution >= 4 is 5.78 Å². The fourth-order valence-electron chi connectivity index (χ4n) is 4.85. The zero-order chi connectivity index (χ0) is 11.3. The van der Waals surface area contributed by atoms with E-state index in [2.05, 4.69) is 6.08 Å². The van der Waals surface area contributed by atoms with E-state index >= 15 is 0 Å². The van der Waals surface area contributed by atoms with Gasteiger partial charge in [0.05, 0.1) is 24.4 Å². The molecule has 0 aromatic carbocycles. The van der Waals surface area contributed by atoms with Crippen molar-refractivity contribution in [2.24, 2.45) is 10.8 Å². The van der Waals surface area contributed by atoms with Crippen LogP contribution in [0.5, 0.6) is 0 Å². The predicted octanol–water partition coefficient (Wildman–Crippen LogP) is 1.61. The summed E-state index contributed by atoms with van der Waals surface area (Å²) in [7, 11) is 0. The minimum absolute atomic E-state index is 0.161. The molecule has 0 aromatic rings. The lowest BCUT2D eigenvalue weighted by molar-refractivity contribution is -0.123. The van der Waals surface area contributed by atoms with Crippen LogP contribution in [0.2, 0.25) is 0 Å². The van der Waals surface area contributed by atoms with E-state index in [0.717, 1.165) is 32.1 Å². The van der Waals surface area contributed by atoms with Crippen LogP contribution in [0, 0.1) is 10.8 Å². The average Bonchev–Trinajstić information content (AvgIpc) is 3.15. The summed E-state index contributed by atoms with van der Waals surface area (Å²) in [5.41, 5.74) is 0.365. The maximum Gasteiger partial charge on any atom is 0.155 e. The normalized spacial score (nSPS) is 62.0. The van der Waals surface area contributed by atoms with E-state index in [0.29, 0.717) is 30.2 Å². The highest BCUT2D eigenvalue weighted by atomic mass is 16.6. The molecule has 0 radical (unpaired) electrons. The van der Waals surface area contributed by atoms with E-state index in [1.807, 2.05) is 6.08 Å². The standard InChI is InChI=1S/C14H16O3/c15-8-1-2-13-4-9-11(16-9)6-14(13,3-8)7-12-10(5-13)17-12/h1-2,9-12H,3-7H2/t9-,10-,11-,12+,13?,14?/m0/s1. The van der Waals surface area contributed by atoms with Crippen molar-refractivity contribution in [3.8, 4) is 0 Å². The summed E-state index contributed by atoms with van der Waals surface area (Å²) in [5, 5.41) is 0. The Kier molecular flexibility index (Phi) is 1.38. The van der Waals surface area contributed by atoms with Gasteiger partial charge in [0, 0.05) is 11.8 Å². The van der Waals surface area contributed by atoms with Crippen LogP contribution in [0.3, 0.4) is 0 Å². The van der Waals surface area contributed by atoms with Crippen LogP contribution in [0.1, 0.15) is 32.1 Å². The van der Waals surface area contributed by atoms with Gasteiger partial charge in [0.2, 0.25) is 0 Å². The SMILES string of the molecule is O=C1C=CC23C[C@@H]4O[C@H]4CC2(C1)C[C@H]1O[C@H]1C3.